The SMILES string of the molecule is CCC(C)(C)C(C)(CC(C)(C)C)C(=O)OC1CCCC1=O. The van der Waals surface area contributed by atoms with Crippen LogP contribution in [0.25, 0.3) is 0 Å². The van der Waals surface area contributed by atoms with Gasteiger partial charge in [-0.3, -0.25) is 9.59 Å². The van der Waals surface area contributed by atoms with Crippen LogP contribution >= 0.6 is 0 Å². The van der Waals surface area contributed by atoms with Gasteiger partial charge >= 0.3 is 5.97 Å². The van der Waals surface area contributed by atoms with E-state index in [-0.39, 0.29) is 22.6 Å². The summed E-state index contributed by atoms with van der Waals surface area (Å²) in [6.07, 6.45) is 3.20. The average Bonchev–Trinajstić information content (AvgIpc) is 2.72. The van der Waals surface area contributed by atoms with E-state index in [9.17, 15) is 9.59 Å². The molecule has 3 heteroatoms. The van der Waals surface area contributed by atoms with E-state index in [4.69, 9.17) is 4.74 Å². The minimum absolute atomic E-state index is 0.0277. The molecule has 1 saturated carbocycles. The number of Topliss-reactive ketones (excluding diaryl/α,β-unsaturated/α-hetero) is 1. The molecular formula is C18H32O3. The highest BCUT2D eigenvalue weighted by Crippen LogP contribution is 2.49. The van der Waals surface area contributed by atoms with Crippen LogP contribution in [0, 0.1) is 16.2 Å². The van der Waals surface area contributed by atoms with Gasteiger partial charge in [-0.25, -0.2) is 0 Å². The molecule has 3 nitrogen and oxygen atoms in total. The topological polar surface area (TPSA) is 43.4 Å². The zero-order valence-corrected chi connectivity index (χ0v) is 14.8. The molecule has 0 aromatic rings. The second-order valence-electron chi connectivity index (χ2n) is 8.56. The van der Waals surface area contributed by atoms with Crippen molar-refractivity contribution < 1.29 is 14.3 Å². The monoisotopic (exact) mass is 296 g/mol. The summed E-state index contributed by atoms with van der Waals surface area (Å²) in [4.78, 5) is 24.6. The summed E-state index contributed by atoms with van der Waals surface area (Å²) in [5.41, 5.74) is -0.720. The Morgan fingerprint density at radius 3 is 2.14 bits per heavy atom. The van der Waals surface area contributed by atoms with Crippen LogP contribution < -0.4 is 0 Å². The fraction of sp³-hybridized carbons (Fsp3) is 0.889. The van der Waals surface area contributed by atoms with E-state index < -0.39 is 11.5 Å². The van der Waals surface area contributed by atoms with Gasteiger partial charge in [0.05, 0.1) is 5.41 Å². The lowest BCUT2D eigenvalue weighted by molar-refractivity contribution is -0.173. The van der Waals surface area contributed by atoms with Crippen LogP contribution in [-0.2, 0) is 14.3 Å². The Bertz CT molecular complexity index is 403. The Balaban J connectivity index is 3.00. The largest absolute Gasteiger partial charge is 0.454 e. The summed E-state index contributed by atoms with van der Waals surface area (Å²) in [7, 11) is 0. The fourth-order valence-corrected chi connectivity index (χ4v) is 3.21. The Hall–Kier alpha value is -0.860. The van der Waals surface area contributed by atoms with Crippen molar-refractivity contribution in [3.63, 3.8) is 0 Å². The highest BCUT2D eigenvalue weighted by molar-refractivity contribution is 5.88. The van der Waals surface area contributed by atoms with Crippen LogP contribution in [0.5, 0.6) is 0 Å². The van der Waals surface area contributed by atoms with Gasteiger partial charge in [-0.1, -0.05) is 41.5 Å². The van der Waals surface area contributed by atoms with Crippen molar-refractivity contribution in [3.8, 4) is 0 Å². The highest BCUT2D eigenvalue weighted by atomic mass is 16.5. The van der Waals surface area contributed by atoms with Gasteiger partial charge in [0.15, 0.2) is 11.9 Å². The molecule has 122 valence electrons. The molecule has 0 aromatic heterocycles. The van der Waals surface area contributed by atoms with Crippen molar-refractivity contribution in [2.75, 3.05) is 0 Å². The smallest absolute Gasteiger partial charge is 0.313 e. The van der Waals surface area contributed by atoms with Crippen molar-refractivity contribution in [1.29, 1.82) is 0 Å². The lowest BCUT2D eigenvalue weighted by Gasteiger charge is -2.45. The van der Waals surface area contributed by atoms with Crippen LogP contribution in [0.1, 0.15) is 80.6 Å². The van der Waals surface area contributed by atoms with Gasteiger partial charge < -0.3 is 4.74 Å². The van der Waals surface area contributed by atoms with Gasteiger partial charge in [0.2, 0.25) is 0 Å². The number of carbonyl (C=O) groups excluding carboxylic acids is 2. The molecule has 1 fully saturated rings. The molecule has 1 aliphatic rings. The number of ketones is 1. The maximum atomic E-state index is 12.9. The van der Waals surface area contributed by atoms with Crippen molar-refractivity contribution in [1.82, 2.24) is 0 Å². The van der Waals surface area contributed by atoms with Gasteiger partial charge in [0, 0.05) is 6.42 Å². The molecule has 1 aliphatic carbocycles. The molecule has 1 rings (SSSR count). The second-order valence-corrected chi connectivity index (χ2v) is 8.56. The maximum Gasteiger partial charge on any atom is 0.313 e. The van der Waals surface area contributed by atoms with Crippen LogP contribution in [0.15, 0.2) is 0 Å². The lowest BCUT2D eigenvalue weighted by atomic mass is 9.59. The van der Waals surface area contributed by atoms with E-state index in [0.29, 0.717) is 12.8 Å². The van der Waals surface area contributed by atoms with E-state index in [1.54, 1.807) is 0 Å². The Morgan fingerprint density at radius 1 is 1.19 bits per heavy atom. The second kappa shape index (κ2) is 6.10. The highest BCUT2D eigenvalue weighted by Gasteiger charge is 2.50. The third-order valence-electron chi connectivity index (χ3n) is 5.21. The summed E-state index contributed by atoms with van der Waals surface area (Å²) in [5, 5.41) is 0. The Morgan fingerprint density at radius 2 is 1.76 bits per heavy atom. The number of rotatable bonds is 5. The predicted octanol–water partition coefficient (Wildman–Crippen LogP) is 4.53. The van der Waals surface area contributed by atoms with Gasteiger partial charge in [-0.05, 0) is 43.4 Å². The molecule has 0 spiro atoms. The van der Waals surface area contributed by atoms with Gasteiger partial charge in [0.1, 0.15) is 0 Å². The van der Waals surface area contributed by atoms with Crippen LogP contribution in [0.2, 0.25) is 0 Å². The summed E-state index contributed by atoms with van der Waals surface area (Å²) >= 11 is 0. The summed E-state index contributed by atoms with van der Waals surface area (Å²) in [6, 6.07) is 0. The molecule has 21 heavy (non-hydrogen) atoms. The van der Waals surface area contributed by atoms with Crippen LogP contribution in [0.3, 0.4) is 0 Å². The van der Waals surface area contributed by atoms with E-state index in [1.807, 2.05) is 6.92 Å². The maximum absolute atomic E-state index is 12.9. The first-order valence-corrected chi connectivity index (χ1v) is 8.17. The summed E-state index contributed by atoms with van der Waals surface area (Å²) < 4.78 is 5.63. The normalized spacial score (nSPS) is 23.0. The minimum Gasteiger partial charge on any atom is -0.454 e. The molecule has 0 saturated heterocycles. The number of hydrogen-bond acceptors (Lipinski definition) is 3. The summed E-state index contributed by atoms with van der Waals surface area (Å²) in [6.45, 7) is 14.8. The first-order valence-electron chi connectivity index (χ1n) is 8.17. The third kappa shape index (κ3) is 4.08. The molecule has 0 aliphatic heterocycles. The fourth-order valence-electron chi connectivity index (χ4n) is 3.21. The molecule has 0 N–H and O–H groups in total. The first kappa shape index (κ1) is 18.2. The van der Waals surface area contributed by atoms with E-state index in [0.717, 1.165) is 19.3 Å². The van der Waals surface area contributed by atoms with Crippen molar-refractivity contribution >= 4 is 11.8 Å². The zero-order chi connectivity index (χ0) is 16.5. The molecule has 2 unspecified atom stereocenters. The predicted molar refractivity (Wildman–Crippen MR) is 85.0 cm³/mol. The lowest BCUT2D eigenvalue weighted by Crippen LogP contribution is -2.47. The van der Waals surface area contributed by atoms with Gasteiger partial charge in [-0.2, -0.15) is 0 Å². The standard InChI is InChI=1S/C18H32O3/c1-8-17(5,6)18(7,12-16(2,3)4)15(20)21-14-11-9-10-13(14)19/h14H,8-12H2,1-7H3. The zero-order valence-electron chi connectivity index (χ0n) is 14.8. The summed E-state index contributed by atoms with van der Waals surface area (Å²) in [5.74, 6) is -0.125. The molecule has 0 amide bonds. The van der Waals surface area contributed by atoms with Gasteiger partial charge in [-0.15, -0.1) is 0 Å². The van der Waals surface area contributed by atoms with Crippen LogP contribution in [-0.4, -0.2) is 17.9 Å². The molecule has 2 atom stereocenters. The average molecular weight is 296 g/mol. The van der Waals surface area contributed by atoms with Crippen molar-refractivity contribution in [2.24, 2.45) is 16.2 Å². The van der Waals surface area contributed by atoms with E-state index >= 15 is 0 Å². The van der Waals surface area contributed by atoms with Crippen molar-refractivity contribution in [2.45, 2.75) is 86.7 Å². The van der Waals surface area contributed by atoms with E-state index in [1.165, 1.54) is 0 Å². The Labute approximate surface area is 129 Å². The number of esters is 1. The quantitative estimate of drug-likeness (QED) is 0.700. The molecule has 0 bridgehead atoms. The number of ether oxygens (including phenoxy) is 1. The Kier molecular flexibility index (Phi) is 5.28. The van der Waals surface area contributed by atoms with Crippen LogP contribution in [0.4, 0.5) is 0 Å². The molecular weight excluding hydrogens is 264 g/mol. The van der Waals surface area contributed by atoms with E-state index in [2.05, 4.69) is 41.5 Å². The molecule has 0 radical (unpaired) electrons. The molecule has 0 aromatic carbocycles. The number of carbonyl (C=O) groups is 2. The third-order valence-corrected chi connectivity index (χ3v) is 5.21. The minimum atomic E-state index is -0.580. The number of hydrogen-bond donors (Lipinski definition) is 0. The first-order chi connectivity index (χ1) is 9.43. The molecule has 0 heterocycles. The van der Waals surface area contributed by atoms with Gasteiger partial charge in [0.25, 0.3) is 0 Å². The van der Waals surface area contributed by atoms with Crippen molar-refractivity contribution in [3.05, 3.63) is 0 Å².